The van der Waals surface area contributed by atoms with E-state index in [9.17, 15) is 4.79 Å². The zero-order valence-electron chi connectivity index (χ0n) is 15.6. The molecule has 2 N–H and O–H groups in total. The molecule has 0 unspecified atom stereocenters. The van der Waals surface area contributed by atoms with Crippen molar-refractivity contribution in [2.24, 2.45) is 4.99 Å². The first-order valence-electron chi connectivity index (χ1n) is 8.08. The number of rotatable bonds is 8. The first kappa shape index (κ1) is 23.3. The number of anilines is 1. The highest BCUT2D eigenvalue weighted by atomic mass is 127. The molecule has 0 aliphatic rings. The van der Waals surface area contributed by atoms with Crippen molar-refractivity contribution in [3.63, 3.8) is 0 Å². The number of methoxy groups -OCH3 is 1. The standard InChI is InChI=1S/C17H28N4O3.HI/c1-6-10-18-17(19-12-16(22)21(3)4)20-13-8-9-14(23-5)15(11-13)24-7-2;/h8-9,11H,6-7,10,12H2,1-5H3,(H2,18,19,20);1H. The Morgan fingerprint density at radius 2 is 1.96 bits per heavy atom. The third kappa shape index (κ3) is 8.28. The van der Waals surface area contributed by atoms with Crippen LogP contribution >= 0.6 is 24.0 Å². The monoisotopic (exact) mass is 464 g/mol. The van der Waals surface area contributed by atoms with Crippen LogP contribution in [0.4, 0.5) is 5.69 Å². The second kappa shape index (κ2) is 12.6. The minimum Gasteiger partial charge on any atom is -0.493 e. The summed E-state index contributed by atoms with van der Waals surface area (Å²) in [7, 11) is 5.03. The number of nitrogens with zero attached hydrogens (tertiary/aromatic N) is 2. The van der Waals surface area contributed by atoms with E-state index in [2.05, 4.69) is 22.5 Å². The lowest BCUT2D eigenvalue weighted by Crippen LogP contribution is -2.33. The van der Waals surface area contributed by atoms with E-state index in [4.69, 9.17) is 9.47 Å². The fraction of sp³-hybridized carbons (Fsp3) is 0.529. The zero-order chi connectivity index (χ0) is 17.9. The number of halogens is 1. The summed E-state index contributed by atoms with van der Waals surface area (Å²) in [6, 6.07) is 5.55. The van der Waals surface area contributed by atoms with E-state index in [-0.39, 0.29) is 36.4 Å². The molecule has 0 fully saturated rings. The van der Waals surface area contributed by atoms with E-state index in [1.165, 1.54) is 4.90 Å². The molecule has 0 spiro atoms. The van der Waals surface area contributed by atoms with Crippen molar-refractivity contribution in [3.8, 4) is 11.5 Å². The number of aliphatic imine (C=N–C) groups is 1. The number of nitrogens with one attached hydrogen (secondary N) is 2. The number of ether oxygens (including phenoxy) is 2. The van der Waals surface area contributed by atoms with Gasteiger partial charge in [0, 0.05) is 32.4 Å². The molecule has 142 valence electrons. The fourth-order valence-electron chi connectivity index (χ4n) is 1.83. The van der Waals surface area contributed by atoms with Gasteiger partial charge in [0.15, 0.2) is 17.5 Å². The van der Waals surface area contributed by atoms with Crippen LogP contribution in [0.25, 0.3) is 0 Å². The van der Waals surface area contributed by atoms with Gasteiger partial charge in [-0.3, -0.25) is 4.79 Å². The van der Waals surface area contributed by atoms with Crippen molar-refractivity contribution >= 4 is 41.5 Å². The number of benzene rings is 1. The molecule has 0 atom stereocenters. The van der Waals surface area contributed by atoms with Crippen molar-refractivity contribution in [1.29, 1.82) is 0 Å². The Morgan fingerprint density at radius 3 is 2.52 bits per heavy atom. The van der Waals surface area contributed by atoms with Crippen LogP contribution in [0.2, 0.25) is 0 Å². The molecule has 0 heterocycles. The van der Waals surface area contributed by atoms with Crippen LogP contribution in [0.15, 0.2) is 23.2 Å². The number of hydrogen-bond donors (Lipinski definition) is 2. The Labute approximate surface area is 167 Å². The highest BCUT2D eigenvalue weighted by Crippen LogP contribution is 2.30. The number of carbonyl (C=O) groups excluding carboxylic acids is 1. The molecule has 0 saturated carbocycles. The highest BCUT2D eigenvalue weighted by Gasteiger charge is 2.08. The molecule has 0 aliphatic heterocycles. The fourth-order valence-corrected chi connectivity index (χ4v) is 1.83. The summed E-state index contributed by atoms with van der Waals surface area (Å²) in [5.74, 6) is 1.83. The van der Waals surface area contributed by atoms with Crippen molar-refractivity contribution in [3.05, 3.63) is 18.2 Å². The van der Waals surface area contributed by atoms with Crippen LogP contribution in [-0.4, -0.2) is 57.7 Å². The number of hydrogen-bond acceptors (Lipinski definition) is 4. The van der Waals surface area contributed by atoms with Gasteiger partial charge in [-0.25, -0.2) is 4.99 Å². The maximum Gasteiger partial charge on any atom is 0.243 e. The molecule has 1 rings (SSSR count). The van der Waals surface area contributed by atoms with E-state index in [1.54, 1.807) is 21.2 Å². The summed E-state index contributed by atoms with van der Waals surface area (Å²) in [4.78, 5) is 17.6. The summed E-state index contributed by atoms with van der Waals surface area (Å²) < 4.78 is 10.9. The molecule has 0 saturated heterocycles. The highest BCUT2D eigenvalue weighted by molar-refractivity contribution is 14.0. The topological polar surface area (TPSA) is 75.2 Å². The van der Waals surface area contributed by atoms with Gasteiger partial charge in [0.25, 0.3) is 0 Å². The quantitative estimate of drug-likeness (QED) is 0.352. The van der Waals surface area contributed by atoms with Gasteiger partial charge < -0.3 is 25.0 Å². The summed E-state index contributed by atoms with van der Waals surface area (Å²) in [5.41, 5.74) is 0.805. The smallest absolute Gasteiger partial charge is 0.243 e. The minimum atomic E-state index is -0.0580. The molecular formula is C17H29IN4O3. The molecule has 0 radical (unpaired) electrons. The van der Waals surface area contributed by atoms with Gasteiger partial charge in [-0.1, -0.05) is 6.92 Å². The van der Waals surface area contributed by atoms with Gasteiger partial charge >= 0.3 is 0 Å². The van der Waals surface area contributed by atoms with E-state index >= 15 is 0 Å². The Bertz CT molecular complexity index is 565. The maximum absolute atomic E-state index is 11.7. The van der Waals surface area contributed by atoms with Gasteiger partial charge in [0.1, 0.15) is 6.54 Å². The van der Waals surface area contributed by atoms with Crippen LogP contribution in [0, 0.1) is 0 Å². The van der Waals surface area contributed by atoms with Crippen LogP contribution in [0.1, 0.15) is 20.3 Å². The Kier molecular flexibility index (Phi) is 11.8. The predicted octanol–water partition coefficient (Wildman–Crippen LogP) is 2.57. The lowest BCUT2D eigenvalue weighted by molar-refractivity contribution is -0.127. The molecule has 0 bridgehead atoms. The zero-order valence-corrected chi connectivity index (χ0v) is 17.9. The van der Waals surface area contributed by atoms with E-state index in [1.807, 2.05) is 25.1 Å². The van der Waals surface area contributed by atoms with Crippen molar-refractivity contribution in [2.45, 2.75) is 20.3 Å². The summed E-state index contributed by atoms with van der Waals surface area (Å²) in [5, 5.41) is 6.38. The molecular weight excluding hydrogens is 435 g/mol. The number of amides is 1. The second-order valence-electron chi connectivity index (χ2n) is 5.30. The SMILES string of the molecule is CCCNC(=NCC(=O)N(C)C)Nc1ccc(OC)c(OCC)c1.I. The lowest BCUT2D eigenvalue weighted by atomic mass is 10.2. The summed E-state index contributed by atoms with van der Waals surface area (Å²) >= 11 is 0. The van der Waals surface area contributed by atoms with Gasteiger partial charge in [-0.05, 0) is 25.5 Å². The van der Waals surface area contributed by atoms with Crippen LogP contribution in [-0.2, 0) is 4.79 Å². The Hall–Kier alpha value is -1.71. The predicted molar refractivity (Wildman–Crippen MR) is 112 cm³/mol. The summed E-state index contributed by atoms with van der Waals surface area (Å²) in [6.45, 7) is 5.38. The normalized spacial score (nSPS) is 10.5. The number of carbonyl (C=O) groups is 1. The van der Waals surface area contributed by atoms with E-state index in [0.29, 0.717) is 24.1 Å². The van der Waals surface area contributed by atoms with Gasteiger partial charge in [-0.15, -0.1) is 24.0 Å². The Morgan fingerprint density at radius 1 is 1.24 bits per heavy atom. The molecule has 0 aromatic heterocycles. The van der Waals surface area contributed by atoms with E-state index < -0.39 is 0 Å². The van der Waals surface area contributed by atoms with Crippen LogP contribution in [0.3, 0.4) is 0 Å². The van der Waals surface area contributed by atoms with Gasteiger partial charge in [0.2, 0.25) is 5.91 Å². The lowest BCUT2D eigenvalue weighted by Gasteiger charge is -2.15. The molecule has 0 aliphatic carbocycles. The van der Waals surface area contributed by atoms with Crippen molar-refractivity contribution in [1.82, 2.24) is 10.2 Å². The van der Waals surface area contributed by atoms with Crippen LogP contribution < -0.4 is 20.1 Å². The van der Waals surface area contributed by atoms with Gasteiger partial charge in [-0.2, -0.15) is 0 Å². The molecule has 8 heteroatoms. The minimum absolute atomic E-state index is 0. The maximum atomic E-state index is 11.7. The molecule has 1 aromatic rings. The average Bonchev–Trinajstić information content (AvgIpc) is 2.57. The molecule has 1 aromatic carbocycles. The van der Waals surface area contributed by atoms with Crippen LogP contribution in [0.5, 0.6) is 11.5 Å². The van der Waals surface area contributed by atoms with E-state index in [0.717, 1.165) is 18.7 Å². The average molecular weight is 464 g/mol. The molecule has 1 amide bonds. The first-order chi connectivity index (χ1) is 11.5. The number of guanidine groups is 1. The van der Waals surface area contributed by atoms with Crippen molar-refractivity contribution < 1.29 is 14.3 Å². The third-order valence-corrected chi connectivity index (χ3v) is 3.14. The van der Waals surface area contributed by atoms with Crippen molar-refractivity contribution in [2.75, 3.05) is 46.2 Å². The van der Waals surface area contributed by atoms with Gasteiger partial charge in [0.05, 0.1) is 13.7 Å². The molecule has 7 nitrogen and oxygen atoms in total. The number of likely N-dealkylation sites (N-methyl/N-ethyl adjacent to an activating group) is 1. The molecule has 25 heavy (non-hydrogen) atoms. The summed E-state index contributed by atoms with van der Waals surface area (Å²) in [6.07, 6.45) is 0.954. The second-order valence-corrected chi connectivity index (χ2v) is 5.30. The largest absolute Gasteiger partial charge is 0.493 e. The first-order valence-corrected chi connectivity index (χ1v) is 8.08. The third-order valence-electron chi connectivity index (χ3n) is 3.14. The Balaban J connectivity index is 0.00000576.